The Kier molecular flexibility index (Phi) is 12.9. The summed E-state index contributed by atoms with van der Waals surface area (Å²) >= 11 is 0. The van der Waals surface area contributed by atoms with Gasteiger partial charge in [0.05, 0.1) is 17.7 Å². The van der Waals surface area contributed by atoms with Gasteiger partial charge in [0.2, 0.25) is 17.7 Å². The zero-order chi connectivity index (χ0) is 38.9. The van der Waals surface area contributed by atoms with Crippen molar-refractivity contribution in [1.82, 2.24) is 30.7 Å². The molecule has 292 valence electrons. The average molecular weight is 758 g/mol. The lowest BCUT2D eigenvalue weighted by molar-refractivity contribution is -0.136. The summed E-state index contributed by atoms with van der Waals surface area (Å²) in [5.41, 5.74) is 0.521. The van der Waals surface area contributed by atoms with Crippen LogP contribution in [0.4, 0.5) is 5.69 Å². The number of aromatic hydroxyl groups is 1. The van der Waals surface area contributed by atoms with Crippen LogP contribution in [-0.4, -0.2) is 120 Å². The number of piperazine rings is 1. The van der Waals surface area contributed by atoms with E-state index in [4.69, 9.17) is 4.42 Å². The van der Waals surface area contributed by atoms with Crippen molar-refractivity contribution in [1.29, 1.82) is 0 Å². The van der Waals surface area contributed by atoms with Crippen molar-refractivity contribution < 1.29 is 38.3 Å². The number of imide groups is 2. The molecule has 4 heterocycles. The lowest BCUT2D eigenvalue weighted by Crippen LogP contribution is -2.54. The first-order chi connectivity index (χ1) is 26.6. The van der Waals surface area contributed by atoms with Crippen LogP contribution in [0.5, 0.6) is 5.75 Å². The third-order valence-electron chi connectivity index (χ3n) is 10.2. The van der Waals surface area contributed by atoms with Gasteiger partial charge >= 0.3 is 5.63 Å². The first kappa shape index (κ1) is 39.1. The fourth-order valence-corrected chi connectivity index (χ4v) is 7.19. The summed E-state index contributed by atoms with van der Waals surface area (Å²) in [6.07, 6.45) is 6.00. The molecule has 16 nitrogen and oxygen atoms in total. The van der Waals surface area contributed by atoms with Crippen LogP contribution in [0.3, 0.4) is 0 Å². The Morgan fingerprint density at radius 3 is 2.31 bits per heavy atom. The summed E-state index contributed by atoms with van der Waals surface area (Å²) in [7, 11) is 0. The van der Waals surface area contributed by atoms with E-state index in [0.717, 1.165) is 69.6 Å². The number of phenols is 1. The Bertz CT molecular complexity index is 2010. The van der Waals surface area contributed by atoms with Crippen molar-refractivity contribution in [3.63, 3.8) is 0 Å². The number of nitrogens with one attached hydrogen (secondary N) is 4. The number of hydrogen-bond donors (Lipinski definition) is 5. The van der Waals surface area contributed by atoms with Crippen LogP contribution in [0.15, 0.2) is 51.7 Å². The SMILES string of the molecule is O=C(CN1CCN(CCNC(=O)c2cc3cc(O)ccc3oc2=O)CC1)NCCCCCCCCNc1cccc2c1C(=O)N(C1CCC(=O)NC1=O)C2=O. The van der Waals surface area contributed by atoms with Crippen molar-refractivity contribution in [2.75, 3.05) is 64.2 Å². The second-order valence-electron chi connectivity index (χ2n) is 14.1. The van der Waals surface area contributed by atoms with Crippen LogP contribution in [0.25, 0.3) is 11.0 Å². The fourth-order valence-electron chi connectivity index (χ4n) is 7.19. The number of hydrogen-bond acceptors (Lipinski definition) is 12. The summed E-state index contributed by atoms with van der Waals surface area (Å²) in [6.45, 7) is 5.51. The Morgan fingerprint density at radius 2 is 1.55 bits per heavy atom. The molecule has 0 bridgehead atoms. The van der Waals surface area contributed by atoms with Gasteiger partial charge in [-0.2, -0.15) is 0 Å². The molecular formula is C39H47N7O9. The van der Waals surface area contributed by atoms with Gasteiger partial charge in [0, 0.05) is 69.9 Å². The van der Waals surface area contributed by atoms with Crippen LogP contribution in [0, 0.1) is 0 Å². The highest BCUT2D eigenvalue weighted by Gasteiger charge is 2.45. The van der Waals surface area contributed by atoms with E-state index >= 15 is 0 Å². The number of rotatable bonds is 17. The molecular weight excluding hydrogens is 710 g/mol. The van der Waals surface area contributed by atoms with E-state index in [1.165, 1.54) is 24.3 Å². The van der Waals surface area contributed by atoms with Gasteiger partial charge in [-0.1, -0.05) is 31.7 Å². The van der Waals surface area contributed by atoms with E-state index in [9.17, 15) is 38.7 Å². The Labute approximate surface area is 317 Å². The molecule has 16 heteroatoms. The van der Waals surface area contributed by atoms with E-state index < -0.39 is 41.2 Å². The molecule has 3 aliphatic heterocycles. The van der Waals surface area contributed by atoms with Gasteiger partial charge in [-0.15, -0.1) is 0 Å². The van der Waals surface area contributed by atoms with E-state index in [-0.39, 0.29) is 41.2 Å². The van der Waals surface area contributed by atoms with Crippen LogP contribution < -0.4 is 26.9 Å². The Morgan fingerprint density at radius 1 is 0.818 bits per heavy atom. The molecule has 5 N–H and O–H groups in total. The summed E-state index contributed by atoms with van der Waals surface area (Å²) in [6, 6.07) is 9.78. The first-order valence-corrected chi connectivity index (χ1v) is 18.9. The molecule has 3 aromatic rings. The summed E-state index contributed by atoms with van der Waals surface area (Å²) in [5.74, 6) is -2.60. The predicted octanol–water partition coefficient (Wildman–Crippen LogP) is 1.82. The minimum Gasteiger partial charge on any atom is -0.508 e. The van der Waals surface area contributed by atoms with E-state index in [2.05, 4.69) is 31.1 Å². The second-order valence-corrected chi connectivity index (χ2v) is 14.1. The number of carbonyl (C=O) groups excluding carboxylic acids is 6. The van der Waals surface area contributed by atoms with Crippen LogP contribution in [0.1, 0.15) is 82.4 Å². The topological polar surface area (TPSA) is 211 Å². The summed E-state index contributed by atoms with van der Waals surface area (Å²) < 4.78 is 5.20. The third-order valence-corrected chi connectivity index (χ3v) is 10.2. The number of anilines is 1. The van der Waals surface area contributed by atoms with Gasteiger partial charge in [0.15, 0.2) is 0 Å². The molecule has 3 aliphatic rings. The summed E-state index contributed by atoms with van der Waals surface area (Å²) in [5, 5.41) is 21.4. The molecule has 2 aromatic carbocycles. The largest absolute Gasteiger partial charge is 0.508 e. The number of benzene rings is 2. The molecule has 1 atom stereocenters. The number of carbonyl (C=O) groups is 6. The molecule has 0 spiro atoms. The zero-order valence-electron chi connectivity index (χ0n) is 30.7. The number of phenolic OH excluding ortho intramolecular Hbond substituents is 1. The number of fused-ring (bicyclic) bond motifs is 2. The monoisotopic (exact) mass is 757 g/mol. The Balaban J connectivity index is 0.787. The molecule has 2 fully saturated rings. The predicted molar refractivity (Wildman–Crippen MR) is 202 cm³/mol. The minimum atomic E-state index is -0.995. The molecule has 6 rings (SSSR count). The van der Waals surface area contributed by atoms with Crippen molar-refractivity contribution in [2.24, 2.45) is 0 Å². The Hall–Kier alpha value is -5.61. The van der Waals surface area contributed by atoms with E-state index in [1.807, 2.05) is 0 Å². The van der Waals surface area contributed by atoms with Crippen molar-refractivity contribution in [3.05, 3.63) is 69.6 Å². The molecule has 55 heavy (non-hydrogen) atoms. The maximum absolute atomic E-state index is 13.2. The van der Waals surface area contributed by atoms with Gasteiger partial charge in [-0.05, 0) is 55.7 Å². The van der Waals surface area contributed by atoms with Crippen molar-refractivity contribution >= 4 is 52.1 Å². The maximum Gasteiger partial charge on any atom is 0.349 e. The van der Waals surface area contributed by atoms with E-state index in [1.54, 1.807) is 18.2 Å². The normalized spacial score (nSPS) is 17.7. The third kappa shape index (κ3) is 9.74. The second kappa shape index (κ2) is 18.1. The fraction of sp³-hybridized carbons (Fsp3) is 0.462. The lowest BCUT2D eigenvalue weighted by atomic mass is 10.0. The van der Waals surface area contributed by atoms with Crippen LogP contribution in [-0.2, 0) is 14.4 Å². The molecule has 2 saturated heterocycles. The van der Waals surface area contributed by atoms with Crippen LogP contribution >= 0.6 is 0 Å². The van der Waals surface area contributed by atoms with Gasteiger partial charge in [-0.3, -0.25) is 48.8 Å². The lowest BCUT2D eigenvalue weighted by Gasteiger charge is -2.34. The molecule has 0 aliphatic carbocycles. The van der Waals surface area contributed by atoms with Gasteiger partial charge < -0.3 is 25.5 Å². The molecule has 0 radical (unpaired) electrons. The first-order valence-electron chi connectivity index (χ1n) is 18.9. The highest BCUT2D eigenvalue weighted by molar-refractivity contribution is 6.25. The smallest absolute Gasteiger partial charge is 0.349 e. The average Bonchev–Trinajstić information content (AvgIpc) is 3.42. The van der Waals surface area contributed by atoms with Gasteiger partial charge in [0.25, 0.3) is 17.7 Å². The van der Waals surface area contributed by atoms with E-state index in [0.29, 0.717) is 49.4 Å². The maximum atomic E-state index is 13.2. The van der Waals surface area contributed by atoms with Crippen molar-refractivity contribution in [2.45, 2.75) is 57.4 Å². The number of amides is 6. The zero-order valence-corrected chi connectivity index (χ0v) is 30.7. The quantitative estimate of drug-likeness (QED) is 0.0759. The standard InChI is InChI=1S/C39H47N7O9/c47-26-10-12-31-25(22-26)23-28(39(54)55-31)35(50)42-16-17-44-18-20-45(21-19-44)24-33(49)41-15-6-4-2-1-3-5-14-40-29-9-7-8-27-34(29)38(53)46(37(27)52)30-11-13-32(48)43-36(30)51/h7-10,12,22-23,30,40,47H,1-6,11,13-21,24H2,(H,41,49)(H,42,50)(H,43,48,51). The highest BCUT2D eigenvalue weighted by Crippen LogP contribution is 2.32. The van der Waals surface area contributed by atoms with Gasteiger partial charge in [0.1, 0.15) is 22.9 Å². The number of piperidine rings is 1. The minimum absolute atomic E-state index is 0.00197. The molecule has 1 unspecified atom stereocenters. The molecule has 6 amide bonds. The summed E-state index contributed by atoms with van der Waals surface area (Å²) in [4.78, 5) is 92.8. The molecule has 0 saturated carbocycles. The van der Waals surface area contributed by atoms with Crippen molar-refractivity contribution in [3.8, 4) is 5.75 Å². The van der Waals surface area contributed by atoms with Crippen LogP contribution in [0.2, 0.25) is 0 Å². The highest BCUT2D eigenvalue weighted by atomic mass is 16.4. The van der Waals surface area contributed by atoms with Gasteiger partial charge in [-0.25, -0.2) is 4.79 Å². The number of unbranched alkanes of at least 4 members (excludes halogenated alkanes) is 5. The number of nitrogens with zero attached hydrogens (tertiary/aromatic N) is 3. The molecule has 1 aromatic heterocycles.